The van der Waals surface area contributed by atoms with Crippen LogP contribution in [0.15, 0.2) is 35.5 Å². The molecule has 0 fully saturated rings. The highest BCUT2D eigenvalue weighted by Crippen LogP contribution is 2.20. The number of thioether (sulfide) groups is 1. The smallest absolute Gasteiger partial charge is 0.230 e. The molecule has 19 heavy (non-hydrogen) atoms. The Morgan fingerprint density at radius 2 is 2.32 bits per heavy atom. The van der Waals surface area contributed by atoms with Gasteiger partial charge in [-0.1, -0.05) is 12.1 Å². The molecule has 5 nitrogen and oxygen atoms in total. The van der Waals surface area contributed by atoms with Crippen molar-refractivity contribution < 1.29 is 9.18 Å². The van der Waals surface area contributed by atoms with Crippen LogP contribution in [0.2, 0.25) is 0 Å². The van der Waals surface area contributed by atoms with Crippen LogP contribution in [0.25, 0.3) is 0 Å². The number of nitrogens with one attached hydrogen (secondary N) is 2. The van der Waals surface area contributed by atoms with Crippen LogP contribution in [0.3, 0.4) is 0 Å². The maximum Gasteiger partial charge on any atom is 0.230 e. The Morgan fingerprint density at radius 1 is 1.53 bits per heavy atom. The molecule has 1 atom stereocenters. The largest absolute Gasteiger partial charge is 0.346 e. The molecule has 100 valence electrons. The number of amides is 1. The molecule has 0 radical (unpaired) electrons. The van der Waals surface area contributed by atoms with E-state index in [4.69, 9.17) is 0 Å². The Morgan fingerprint density at radius 3 is 3.00 bits per heavy atom. The van der Waals surface area contributed by atoms with Crippen molar-refractivity contribution in [2.75, 3.05) is 5.75 Å². The Hall–Kier alpha value is -1.89. The van der Waals surface area contributed by atoms with Gasteiger partial charge in [0.05, 0.1) is 11.8 Å². The summed E-state index contributed by atoms with van der Waals surface area (Å²) in [6, 6.07) is 6.12. The van der Waals surface area contributed by atoms with Gasteiger partial charge in [0.15, 0.2) is 0 Å². The lowest BCUT2D eigenvalue weighted by Crippen LogP contribution is -2.28. The van der Waals surface area contributed by atoms with Gasteiger partial charge < -0.3 is 5.32 Å². The molecule has 7 heteroatoms. The highest BCUT2D eigenvalue weighted by atomic mass is 32.2. The molecule has 0 aliphatic heterocycles. The molecule has 0 bridgehead atoms. The fourth-order valence-electron chi connectivity index (χ4n) is 1.48. The number of carbonyl (C=O) groups is 1. The first-order valence-corrected chi connectivity index (χ1v) is 6.67. The monoisotopic (exact) mass is 280 g/mol. The maximum absolute atomic E-state index is 13.4. The third-order valence-electron chi connectivity index (χ3n) is 2.42. The molecular formula is C12H13FN4OS. The number of hydrogen-bond donors (Lipinski definition) is 2. The number of halogens is 1. The quantitative estimate of drug-likeness (QED) is 0.821. The zero-order valence-corrected chi connectivity index (χ0v) is 11.1. The molecule has 0 aliphatic carbocycles. The van der Waals surface area contributed by atoms with E-state index in [1.165, 1.54) is 12.4 Å². The summed E-state index contributed by atoms with van der Waals surface area (Å²) in [6.07, 6.45) is 1.38. The lowest BCUT2D eigenvalue weighted by Gasteiger charge is -2.10. The number of aromatic nitrogens is 3. The van der Waals surface area contributed by atoms with Crippen LogP contribution >= 0.6 is 11.8 Å². The Bertz CT molecular complexity index is 546. The van der Waals surface area contributed by atoms with Gasteiger partial charge in [-0.25, -0.2) is 9.37 Å². The first kappa shape index (κ1) is 13.5. The average molecular weight is 280 g/mol. The molecular weight excluding hydrogens is 267 g/mol. The first-order valence-electron chi connectivity index (χ1n) is 5.69. The number of rotatable bonds is 5. The van der Waals surface area contributed by atoms with Crippen molar-refractivity contribution >= 4 is 17.7 Å². The van der Waals surface area contributed by atoms with Gasteiger partial charge in [-0.05, 0) is 19.1 Å². The fourth-order valence-corrected chi connectivity index (χ4v) is 2.23. The molecule has 0 saturated heterocycles. The van der Waals surface area contributed by atoms with Gasteiger partial charge in [0, 0.05) is 4.90 Å². The molecule has 2 rings (SSSR count). The molecule has 0 aliphatic rings. The van der Waals surface area contributed by atoms with Crippen molar-refractivity contribution in [3.05, 3.63) is 42.2 Å². The van der Waals surface area contributed by atoms with E-state index in [1.807, 2.05) is 0 Å². The molecule has 1 heterocycles. The summed E-state index contributed by atoms with van der Waals surface area (Å²) in [4.78, 5) is 16.1. The standard InChI is InChI=1S/C12H13FN4OS/c1-8(12-14-7-15-17-12)16-11(18)6-19-10-5-3-2-4-9(10)13/h2-5,7-8H,6H2,1H3,(H,16,18)(H,14,15,17). The van der Waals surface area contributed by atoms with Crippen LogP contribution in [-0.4, -0.2) is 26.8 Å². The predicted octanol–water partition coefficient (Wildman–Crippen LogP) is 1.91. The summed E-state index contributed by atoms with van der Waals surface area (Å²) >= 11 is 1.16. The van der Waals surface area contributed by atoms with E-state index in [1.54, 1.807) is 25.1 Å². The second-order valence-corrected chi connectivity index (χ2v) is 4.90. The Labute approximate surface area is 114 Å². The third kappa shape index (κ3) is 3.78. The number of aromatic amines is 1. The Balaban J connectivity index is 1.84. The predicted molar refractivity (Wildman–Crippen MR) is 70.1 cm³/mol. The van der Waals surface area contributed by atoms with Crippen LogP contribution in [0.4, 0.5) is 4.39 Å². The molecule has 2 N–H and O–H groups in total. The van der Waals surface area contributed by atoms with E-state index in [0.29, 0.717) is 10.7 Å². The molecule has 0 saturated carbocycles. The minimum absolute atomic E-state index is 0.152. The third-order valence-corrected chi connectivity index (χ3v) is 3.47. The number of nitrogens with zero attached hydrogens (tertiary/aromatic N) is 2. The lowest BCUT2D eigenvalue weighted by molar-refractivity contribution is -0.119. The molecule has 1 aromatic heterocycles. The second kappa shape index (κ2) is 6.33. The van der Waals surface area contributed by atoms with E-state index in [0.717, 1.165) is 11.8 Å². The topological polar surface area (TPSA) is 70.7 Å². The van der Waals surface area contributed by atoms with Crippen molar-refractivity contribution in [3.8, 4) is 0 Å². The van der Waals surface area contributed by atoms with Crippen molar-refractivity contribution in [2.24, 2.45) is 0 Å². The van der Waals surface area contributed by atoms with E-state index in [2.05, 4.69) is 20.5 Å². The Kier molecular flexibility index (Phi) is 4.51. The van der Waals surface area contributed by atoms with Crippen molar-refractivity contribution in [1.29, 1.82) is 0 Å². The van der Waals surface area contributed by atoms with Gasteiger partial charge in [0.1, 0.15) is 18.0 Å². The molecule has 2 aromatic rings. The van der Waals surface area contributed by atoms with Crippen molar-refractivity contribution in [3.63, 3.8) is 0 Å². The normalized spacial score (nSPS) is 12.1. The van der Waals surface area contributed by atoms with Crippen LogP contribution in [-0.2, 0) is 4.79 Å². The first-order chi connectivity index (χ1) is 9.16. The molecule has 1 amide bonds. The van der Waals surface area contributed by atoms with Crippen molar-refractivity contribution in [1.82, 2.24) is 20.5 Å². The summed E-state index contributed by atoms with van der Waals surface area (Å²) in [7, 11) is 0. The average Bonchev–Trinajstić information content (AvgIpc) is 2.91. The maximum atomic E-state index is 13.4. The van der Waals surface area contributed by atoms with Gasteiger partial charge in [0.2, 0.25) is 5.91 Å². The number of hydrogen-bond acceptors (Lipinski definition) is 4. The second-order valence-electron chi connectivity index (χ2n) is 3.88. The summed E-state index contributed by atoms with van der Waals surface area (Å²) < 4.78 is 13.4. The van der Waals surface area contributed by atoms with Crippen LogP contribution in [0.5, 0.6) is 0 Å². The van der Waals surface area contributed by atoms with Crippen LogP contribution in [0.1, 0.15) is 18.8 Å². The lowest BCUT2D eigenvalue weighted by atomic mass is 10.3. The molecule has 1 unspecified atom stereocenters. The highest BCUT2D eigenvalue weighted by molar-refractivity contribution is 8.00. The minimum atomic E-state index is -0.316. The number of H-pyrrole nitrogens is 1. The van der Waals surface area contributed by atoms with Crippen molar-refractivity contribution in [2.45, 2.75) is 17.9 Å². The SMILES string of the molecule is CC(NC(=O)CSc1ccccc1F)c1ncn[nH]1. The summed E-state index contributed by atoms with van der Waals surface area (Å²) in [5.74, 6) is 0.240. The van der Waals surface area contributed by atoms with E-state index in [-0.39, 0.29) is 23.5 Å². The van der Waals surface area contributed by atoms with Crippen LogP contribution < -0.4 is 5.32 Å². The van der Waals surface area contributed by atoms with Gasteiger partial charge in [-0.15, -0.1) is 11.8 Å². The highest BCUT2D eigenvalue weighted by Gasteiger charge is 2.12. The summed E-state index contributed by atoms with van der Waals surface area (Å²) in [5, 5.41) is 9.15. The van der Waals surface area contributed by atoms with E-state index < -0.39 is 0 Å². The van der Waals surface area contributed by atoms with E-state index in [9.17, 15) is 9.18 Å². The zero-order chi connectivity index (χ0) is 13.7. The molecule has 0 spiro atoms. The summed E-state index contributed by atoms with van der Waals surface area (Å²) in [5.41, 5.74) is 0. The molecule has 1 aromatic carbocycles. The fraction of sp³-hybridized carbons (Fsp3) is 0.250. The zero-order valence-electron chi connectivity index (χ0n) is 10.3. The van der Waals surface area contributed by atoms with Gasteiger partial charge in [0.25, 0.3) is 0 Å². The summed E-state index contributed by atoms with van der Waals surface area (Å²) in [6.45, 7) is 1.80. The van der Waals surface area contributed by atoms with Gasteiger partial charge >= 0.3 is 0 Å². The van der Waals surface area contributed by atoms with Gasteiger partial charge in [-0.2, -0.15) is 5.10 Å². The van der Waals surface area contributed by atoms with Gasteiger partial charge in [-0.3, -0.25) is 9.89 Å². The minimum Gasteiger partial charge on any atom is -0.346 e. The van der Waals surface area contributed by atoms with E-state index >= 15 is 0 Å². The number of benzene rings is 1. The van der Waals surface area contributed by atoms with Crippen LogP contribution in [0, 0.1) is 5.82 Å². The number of carbonyl (C=O) groups excluding carboxylic acids is 1.